The monoisotopic (exact) mass is 354 g/mol. The molecule has 0 radical (unpaired) electrons. The summed E-state index contributed by atoms with van der Waals surface area (Å²) in [5, 5.41) is 3.36. The number of hydrogen-bond donors (Lipinski definition) is 2. The lowest BCUT2D eigenvalue weighted by Gasteiger charge is -2.11. The Labute approximate surface area is 117 Å². The molecule has 2 nitrogen and oxygen atoms in total. The van der Waals surface area contributed by atoms with E-state index >= 15 is 0 Å². The minimum Gasteiger partial charge on any atom is -0.399 e. The third-order valence-electron chi connectivity index (χ3n) is 2.38. The van der Waals surface area contributed by atoms with Crippen molar-refractivity contribution in [2.75, 3.05) is 11.1 Å². The van der Waals surface area contributed by atoms with E-state index in [9.17, 15) is 0 Å². The smallest absolute Gasteiger partial charge is 0.0531 e. The SMILES string of the molecule is Cc1ccc(Br)c(Nc2ccc(N)cc2Br)c1. The van der Waals surface area contributed by atoms with Crippen LogP contribution in [0.3, 0.4) is 0 Å². The van der Waals surface area contributed by atoms with Gasteiger partial charge in [0.2, 0.25) is 0 Å². The summed E-state index contributed by atoms with van der Waals surface area (Å²) in [7, 11) is 0. The van der Waals surface area contributed by atoms with Crippen LogP contribution >= 0.6 is 31.9 Å². The Bertz CT molecular complexity index is 553. The number of aryl methyl sites for hydroxylation is 1. The first-order chi connectivity index (χ1) is 8.06. The number of hydrogen-bond acceptors (Lipinski definition) is 2. The normalized spacial score (nSPS) is 10.3. The molecule has 0 bridgehead atoms. The number of nitrogens with two attached hydrogens (primary N) is 1. The molecule has 0 saturated carbocycles. The van der Waals surface area contributed by atoms with Crippen molar-refractivity contribution in [3.05, 3.63) is 50.9 Å². The summed E-state index contributed by atoms with van der Waals surface area (Å²) in [5.41, 5.74) is 9.69. The molecule has 4 heteroatoms. The van der Waals surface area contributed by atoms with Crippen molar-refractivity contribution in [3.8, 4) is 0 Å². The molecule has 0 fully saturated rings. The van der Waals surface area contributed by atoms with Gasteiger partial charge < -0.3 is 11.1 Å². The highest BCUT2D eigenvalue weighted by molar-refractivity contribution is 9.11. The highest BCUT2D eigenvalue weighted by Gasteiger charge is 2.04. The number of anilines is 3. The molecule has 0 saturated heterocycles. The van der Waals surface area contributed by atoms with Gasteiger partial charge in [-0.1, -0.05) is 6.07 Å². The van der Waals surface area contributed by atoms with Gasteiger partial charge >= 0.3 is 0 Å². The molecule has 2 rings (SSSR count). The molecule has 0 atom stereocenters. The molecule has 0 amide bonds. The number of nitrogens with one attached hydrogen (secondary N) is 1. The Hall–Kier alpha value is -1.00. The summed E-state index contributed by atoms with van der Waals surface area (Å²) in [4.78, 5) is 0. The Kier molecular flexibility index (Phi) is 3.74. The van der Waals surface area contributed by atoms with Crippen LogP contribution in [0.5, 0.6) is 0 Å². The van der Waals surface area contributed by atoms with E-state index in [1.165, 1.54) is 5.56 Å². The molecule has 88 valence electrons. The van der Waals surface area contributed by atoms with E-state index in [4.69, 9.17) is 5.73 Å². The van der Waals surface area contributed by atoms with E-state index in [2.05, 4.69) is 56.2 Å². The van der Waals surface area contributed by atoms with Crippen molar-refractivity contribution in [1.82, 2.24) is 0 Å². The van der Waals surface area contributed by atoms with Crippen molar-refractivity contribution in [3.63, 3.8) is 0 Å². The maximum atomic E-state index is 5.71. The van der Waals surface area contributed by atoms with E-state index in [1.54, 1.807) is 0 Å². The predicted octanol–water partition coefficient (Wildman–Crippen LogP) is 4.85. The minimum atomic E-state index is 0.741. The summed E-state index contributed by atoms with van der Waals surface area (Å²) < 4.78 is 1.98. The van der Waals surface area contributed by atoms with Gasteiger partial charge in [-0.25, -0.2) is 0 Å². The zero-order chi connectivity index (χ0) is 12.4. The fraction of sp³-hybridized carbons (Fsp3) is 0.0769. The minimum absolute atomic E-state index is 0.741. The fourth-order valence-corrected chi connectivity index (χ4v) is 2.35. The molecule has 3 N–H and O–H groups in total. The molecular weight excluding hydrogens is 344 g/mol. The second-order valence-corrected chi connectivity index (χ2v) is 5.56. The van der Waals surface area contributed by atoms with Gasteiger partial charge in [-0.15, -0.1) is 0 Å². The van der Waals surface area contributed by atoms with Crippen molar-refractivity contribution < 1.29 is 0 Å². The standard InChI is InChI=1S/C13H12Br2N2/c1-8-2-4-10(14)13(6-8)17-12-5-3-9(16)7-11(12)15/h2-7,17H,16H2,1H3. The predicted molar refractivity (Wildman–Crippen MR) is 80.7 cm³/mol. The Morgan fingerprint density at radius 1 is 0.941 bits per heavy atom. The van der Waals surface area contributed by atoms with Gasteiger partial charge in [-0.05, 0) is 74.7 Å². The number of halogens is 2. The molecule has 0 unspecified atom stereocenters. The van der Waals surface area contributed by atoms with E-state index < -0.39 is 0 Å². The lowest BCUT2D eigenvalue weighted by atomic mass is 10.2. The van der Waals surface area contributed by atoms with Crippen LogP contribution in [0.1, 0.15) is 5.56 Å². The van der Waals surface area contributed by atoms with Gasteiger partial charge in [0.1, 0.15) is 0 Å². The highest BCUT2D eigenvalue weighted by Crippen LogP contribution is 2.31. The van der Waals surface area contributed by atoms with E-state index in [1.807, 2.05) is 24.3 Å². The van der Waals surface area contributed by atoms with Gasteiger partial charge in [0.25, 0.3) is 0 Å². The second-order valence-electron chi connectivity index (χ2n) is 3.85. The van der Waals surface area contributed by atoms with Crippen LogP contribution in [-0.2, 0) is 0 Å². The Morgan fingerprint density at radius 3 is 2.41 bits per heavy atom. The van der Waals surface area contributed by atoms with Gasteiger partial charge in [-0.2, -0.15) is 0 Å². The Balaban J connectivity index is 2.34. The summed E-state index contributed by atoms with van der Waals surface area (Å²) in [6, 6.07) is 11.9. The molecule has 0 aromatic heterocycles. The van der Waals surface area contributed by atoms with Crippen molar-refractivity contribution >= 4 is 48.9 Å². The molecule has 2 aromatic carbocycles. The summed E-state index contributed by atoms with van der Waals surface area (Å²) in [5.74, 6) is 0. The lowest BCUT2D eigenvalue weighted by Crippen LogP contribution is -1.94. The van der Waals surface area contributed by atoms with Gasteiger partial charge in [0.05, 0.1) is 11.4 Å². The maximum Gasteiger partial charge on any atom is 0.0531 e. The molecule has 0 spiro atoms. The van der Waals surface area contributed by atoms with Crippen LogP contribution < -0.4 is 11.1 Å². The molecule has 2 aromatic rings. The molecule has 17 heavy (non-hydrogen) atoms. The molecule has 0 aliphatic heterocycles. The molecular formula is C13H12Br2N2. The summed E-state index contributed by atoms with van der Waals surface area (Å²) in [6.45, 7) is 2.07. The van der Waals surface area contributed by atoms with Crippen LogP contribution in [-0.4, -0.2) is 0 Å². The summed E-state index contributed by atoms with van der Waals surface area (Å²) in [6.07, 6.45) is 0. The van der Waals surface area contributed by atoms with Crippen molar-refractivity contribution in [1.29, 1.82) is 0 Å². The first-order valence-corrected chi connectivity index (χ1v) is 6.73. The lowest BCUT2D eigenvalue weighted by molar-refractivity contribution is 1.43. The maximum absolute atomic E-state index is 5.71. The summed E-state index contributed by atoms with van der Waals surface area (Å²) >= 11 is 7.01. The van der Waals surface area contributed by atoms with Crippen LogP contribution in [0.15, 0.2) is 45.3 Å². The Morgan fingerprint density at radius 2 is 1.71 bits per heavy atom. The number of nitrogen functional groups attached to an aromatic ring is 1. The van der Waals surface area contributed by atoms with Gasteiger partial charge in [0.15, 0.2) is 0 Å². The van der Waals surface area contributed by atoms with Crippen molar-refractivity contribution in [2.24, 2.45) is 0 Å². The van der Waals surface area contributed by atoms with E-state index in [0.29, 0.717) is 0 Å². The zero-order valence-corrected chi connectivity index (χ0v) is 12.5. The second kappa shape index (κ2) is 5.10. The molecule has 0 aliphatic carbocycles. The number of benzene rings is 2. The number of rotatable bonds is 2. The highest BCUT2D eigenvalue weighted by atomic mass is 79.9. The first kappa shape index (κ1) is 12.5. The third-order valence-corrected chi connectivity index (χ3v) is 3.73. The van der Waals surface area contributed by atoms with E-state index in [-0.39, 0.29) is 0 Å². The first-order valence-electron chi connectivity index (χ1n) is 5.14. The van der Waals surface area contributed by atoms with Crippen molar-refractivity contribution in [2.45, 2.75) is 6.92 Å². The van der Waals surface area contributed by atoms with Crippen LogP contribution in [0.2, 0.25) is 0 Å². The van der Waals surface area contributed by atoms with Gasteiger partial charge in [-0.3, -0.25) is 0 Å². The van der Waals surface area contributed by atoms with E-state index in [0.717, 1.165) is 26.0 Å². The average molecular weight is 356 g/mol. The largest absolute Gasteiger partial charge is 0.399 e. The fourth-order valence-electron chi connectivity index (χ4n) is 1.51. The zero-order valence-electron chi connectivity index (χ0n) is 9.30. The van der Waals surface area contributed by atoms with Gasteiger partial charge in [0, 0.05) is 14.6 Å². The van der Waals surface area contributed by atoms with Crippen LogP contribution in [0.25, 0.3) is 0 Å². The van der Waals surface area contributed by atoms with Crippen LogP contribution in [0, 0.1) is 6.92 Å². The molecule has 0 aliphatic rings. The topological polar surface area (TPSA) is 38.0 Å². The van der Waals surface area contributed by atoms with Crippen LogP contribution in [0.4, 0.5) is 17.1 Å². The molecule has 0 heterocycles. The quantitative estimate of drug-likeness (QED) is 0.756. The third kappa shape index (κ3) is 3.01. The average Bonchev–Trinajstić information content (AvgIpc) is 2.27.